The van der Waals surface area contributed by atoms with E-state index in [-0.39, 0.29) is 6.03 Å². The van der Waals surface area contributed by atoms with Crippen LogP contribution in [0.4, 0.5) is 10.6 Å². The van der Waals surface area contributed by atoms with E-state index >= 15 is 0 Å². The smallest absolute Gasteiger partial charge is 0.317 e. The maximum atomic E-state index is 12.2. The molecule has 0 aromatic carbocycles. The van der Waals surface area contributed by atoms with Crippen molar-refractivity contribution in [2.75, 3.05) is 50.7 Å². The third kappa shape index (κ3) is 3.45. The van der Waals surface area contributed by atoms with Gasteiger partial charge >= 0.3 is 6.03 Å². The number of piperazine rings is 1. The van der Waals surface area contributed by atoms with Crippen LogP contribution in [-0.2, 0) is 13.0 Å². The number of hydrogen-bond acceptors (Lipinski definition) is 5. The number of nitrogens with one attached hydrogen (secondary N) is 1. The molecule has 2 aliphatic heterocycles. The molecule has 132 valence electrons. The number of anilines is 1. The Kier molecular flexibility index (Phi) is 5.18. The Balaban J connectivity index is 1.83. The number of aromatic nitrogens is 2. The first-order chi connectivity index (χ1) is 11.6. The van der Waals surface area contributed by atoms with Gasteiger partial charge in [-0.15, -0.1) is 0 Å². The fourth-order valence-corrected chi connectivity index (χ4v) is 3.49. The van der Waals surface area contributed by atoms with Crippen LogP contribution in [0.25, 0.3) is 0 Å². The van der Waals surface area contributed by atoms with Crippen molar-refractivity contribution in [3.8, 4) is 0 Å². The summed E-state index contributed by atoms with van der Waals surface area (Å²) < 4.78 is 0. The second-order valence-electron chi connectivity index (χ2n) is 6.45. The number of aryl methyl sites for hydroxylation is 1. The van der Waals surface area contributed by atoms with Gasteiger partial charge in [0.15, 0.2) is 0 Å². The maximum Gasteiger partial charge on any atom is 0.317 e. The van der Waals surface area contributed by atoms with E-state index in [1.807, 2.05) is 18.7 Å². The zero-order valence-corrected chi connectivity index (χ0v) is 15.0. The Morgan fingerprint density at radius 3 is 2.54 bits per heavy atom. The highest BCUT2D eigenvalue weighted by Gasteiger charge is 2.28. The Morgan fingerprint density at radius 2 is 1.88 bits per heavy atom. The Labute approximate surface area is 144 Å². The van der Waals surface area contributed by atoms with E-state index in [1.54, 1.807) is 0 Å². The molecule has 3 heterocycles. The predicted octanol–water partition coefficient (Wildman–Crippen LogP) is 1.01. The van der Waals surface area contributed by atoms with Gasteiger partial charge < -0.3 is 20.0 Å². The number of amides is 2. The predicted molar refractivity (Wildman–Crippen MR) is 94.3 cm³/mol. The Morgan fingerprint density at radius 1 is 1.12 bits per heavy atom. The van der Waals surface area contributed by atoms with Crippen LogP contribution in [0.2, 0.25) is 0 Å². The molecule has 0 atom stereocenters. The molecule has 1 fully saturated rings. The Bertz CT molecular complexity index is 597. The Hall–Kier alpha value is -1.89. The highest BCUT2D eigenvalue weighted by atomic mass is 16.2. The number of carbonyl (C=O) groups is 1. The average Bonchev–Trinajstić information content (AvgIpc) is 2.61. The van der Waals surface area contributed by atoms with Gasteiger partial charge in [0, 0.05) is 51.3 Å². The third-order valence-corrected chi connectivity index (χ3v) is 4.88. The first-order valence-corrected chi connectivity index (χ1v) is 8.98. The van der Waals surface area contributed by atoms with Crippen molar-refractivity contribution in [3.05, 3.63) is 17.1 Å². The molecule has 0 radical (unpaired) electrons. The molecule has 2 aliphatic rings. The second kappa shape index (κ2) is 7.34. The first kappa shape index (κ1) is 17.0. The molecule has 0 spiro atoms. The summed E-state index contributed by atoms with van der Waals surface area (Å²) in [6, 6.07) is 0.00507. The molecule has 0 bridgehead atoms. The van der Waals surface area contributed by atoms with E-state index in [2.05, 4.69) is 27.0 Å². The lowest BCUT2D eigenvalue weighted by molar-refractivity contribution is 0.192. The monoisotopic (exact) mass is 332 g/mol. The highest BCUT2D eigenvalue weighted by Crippen LogP contribution is 2.27. The van der Waals surface area contributed by atoms with E-state index in [1.165, 1.54) is 0 Å². The minimum absolute atomic E-state index is 0.00507. The molecule has 0 unspecified atom stereocenters. The summed E-state index contributed by atoms with van der Waals surface area (Å²) in [5.41, 5.74) is 2.24. The molecular weight excluding hydrogens is 304 g/mol. The number of rotatable bonds is 3. The van der Waals surface area contributed by atoms with Gasteiger partial charge in [-0.05, 0) is 20.4 Å². The maximum absolute atomic E-state index is 12.2. The summed E-state index contributed by atoms with van der Waals surface area (Å²) in [5, 5.41) is 2.90. The minimum atomic E-state index is 0.00507. The molecule has 1 aromatic rings. The van der Waals surface area contributed by atoms with Crippen LogP contribution in [0.1, 0.15) is 30.9 Å². The first-order valence-electron chi connectivity index (χ1n) is 8.98. The fourth-order valence-electron chi connectivity index (χ4n) is 3.49. The van der Waals surface area contributed by atoms with Crippen molar-refractivity contribution in [3.63, 3.8) is 0 Å². The molecule has 7 nitrogen and oxygen atoms in total. The van der Waals surface area contributed by atoms with Gasteiger partial charge in [-0.25, -0.2) is 14.8 Å². The van der Waals surface area contributed by atoms with Crippen LogP contribution in [0.5, 0.6) is 0 Å². The minimum Gasteiger partial charge on any atom is -0.354 e. The molecular formula is C17H28N6O. The fraction of sp³-hybridized carbons (Fsp3) is 0.706. The zero-order chi connectivity index (χ0) is 17.1. The van der Waals surface area contributed by atoms with E-state index in [4.69, 9.17) is 4.98 Å². The van der Waals surface area contributed by atoms with E-state index in [9.17, 15) is 4.79 Å². The quantitative estimate of drug-likeness (QED) is 0.895. The van der Waals surface area contributed by atoms with Gasteiger partial charge in [0.1, 0.15) is 11.6 Å². The van der Waals surface area contributed by atoms with Crippen LogP contribution in [0.3, 0.4) is 0 Å². The third-order valence-electron chi connectivity index (χ3n) is 4.88. The highest BCUT2D eigenvalue weighted by molar-refractivity contribution is 5.74. The van der Waals surface area contributed by atoms with Gasteiger partial charge in [-0.3, -0.25) is 0 Å². The standard InChI is InChI=1S/C17H28N6O/c1-4-18-17(24)23-7-6-15-14(12-23)16(20-13(3)19-15)22-10-8-21(5-2)9-11-22/h4-12H2,1-3H3,(H,18,24). The molecule has 1 saturated heterocycles. The zero-order valence-electron chi connectivity index (χ0n) is 15.0. The lowest BCUT2D eigenvalue weighted by Crippen LogP contribution is -2.48. The topological polar surface area (TPSA) is 64.6 Å². The molecule has 0 aliphatic carbocycles. The summed E-state index contributed by atoms with van der Waals surface area (Å²) in [5.74, 6) is 1.86. The second-order valence-corrected chi connectivity index (χ2v) is 6.45. The van der Waals surface area contributed by atoms with Crippen molar-refractivity contribution >= 4 is 11.8 Å². The van der Waals surface area contributed by atoms with Crippen LogP contribution >= 0.6 is 0 Å². The van der Waals surface area contributed by atoms with Crippen LogP contribution in [-0.4, -0.2) is 71.6 Å². The van der Waals surface area contributed by atoms with Crippen LogP contribution in [0.15, 0.2) is 0 Å². The van der Waals surface area contributed by atoms with Crippen molar-refractivity contribution in [2.45, 2.75) is 33.7 Å². The summed E-state index contributed by atoms with van der Waals surface area (Å²) in [4.78, 5) is 28.3. The normalized spacial score (nSPS) is 18.5. The number of likely N-dealkylation sites (N-methyl/N-ethyl adjacent to an activating group) is 1. The molecule has 1 aromatic heterocycles. The molecule has 3 rings (SSSR count). The number of nitrogens with zero attached hydrogens (tertiary/aromatic N) is 5. The average molecular weight is 332 g/mol. The van der Waals surface area contributed by atoms with Crippen molar-refractivity contribution in [1.29, 1.82) is 0 Å². The van der Waals surface area contributed by atoms with E-state index in [0.29, 0.717) is 13.1 Å². The lowest BCUT2D eigenvalue weighted by atomic mass is 10.1. The van der Waals surface area contributed by atoms with Gasteiger partial charge in [0.25, 0.3) is 0 Å². The van der Waals surface area contributed by atoms with Crippen LogP contribution in [0, 0.1) is 6.92 Å². The van der Waals surface area contributed by atoms with Crippen molar-refractivity contribution in [1.82, 2.24) is 25.1 Å². The van der Waals surface area contributed by atoms with Gasteiger partial charge in [0.05, 0.1) is 12.2 Å². The van der Waals surface area contributed by atoms with Gasteiger partial charge in [-0.1, -0.05) is 6.92 Å². The SMILES string of the molecule is CCNC(=O)N1CCc2nc(C)nc(N3CCN(CC)CC3)c2C1. The summed E-state index contributed by atoms with van der Waals surface area (Å²) in [6.45, 7) is 13.3. The molecule has 24 heavy (non-hydrogen) atoms. The summed E-state index contributed by atoms with van der Waals surface area (Å²) in [7, 11) is 0. The van der Waals surface area contributed by atoms with Gasteiger partial charge in [-0.2, -0.15) is 0 Å². The summed E-state index contributed by atoms with van der Waals surface area (Å²) in [6.07, 6.45) is 0.803. The lowest BCUT2D eigenvalue weighted by Gasteiger charge is -2.37. The molecule has 7 heteroatoms. The van der Waals surface area contributed by atoms with E-state index in [0.717, 1.165) is 68.6 Å². The molecule has 1 N–H and O–H groups in total. The van der Waals surface area contributed by atoms with Crippen LogP contribution < -0.4 is 10.2 Å². The number of urea groups is 1. The van der Waals surface area contributed by atoms with Gasteiger partial charge in [0.2, 0.25) is 0 Å². The van der Waals surface area contributed by atoms with E-state index < -0.39 is 0 Å². The van der Waals surface area contributed by atoms with Crippen molar-refractivity contribution in [2.24, 2.45) is 0 Å². The molecule has 2 amide bonds. The number of carbonyl (C=O) groups excluding carboxylic acids is 1. The van der Waals surface area contributed by atoms with Crippen molar-refractivity contribution < 1.29 is 4.79 Å². The molecule has 0 saturated carbocycles. The number of fused-ring (bicyclic) bond motifs is 1. The number of hydrogen-bond donors (Lipinski definition) is 1. The summed E-state index contributed by atoms with van der Waals surface area (Å²) >= 11 is 0. The largest absolute Gasteiger partial charge is 0.354 e.